The van der Waals surface area contributed by atoms with Gasteiger partial charge in [0.15, 0.2) is 0 Å². The highest BCUT2D eigenvalue weighted by molar-refractivity contribution is 7.80. The quantitative estimate of drug-likeness (QED) is 0.810. The van der Waals surface area contributed by atoms with Crippen LogP contribution in [0.3, 0.4) is 0 Å². The van der Waals surface area contributed by atoms with Crippen LogP contribution in [-0.4, -0.2) is 23.5 Å². The summed E-state index contributed by atoms with van der Waals surface area (Å²) in [7, 11) is 0. The molecule has 0 radical (unpaired) electrons. The molecule has 0 aliphatic carbocycles. The normalized spacial score (nSPS) is 19.8. The Labute approximate surface area is 109 Å². The zero-order valence-electron chi connectivity index (χ0n) is 8.76. The van der Waals surface area contributed by atoms with E-state index in [0.717, 1.165) is 0 Å². The van der Waals surface area contributed by atoms with E-state index in [1.54, 1.807) is 18.2 Å². The minimum absolute atomic E-state index is 0.0229. The Morgan fingerprint density at radius 1 is 1.53 bits per heavy atom. The van der Waals surface area contributed by atoms with Crippen molar-refractivity contribution in [2.24, 2.45) is 5.92 Å². The highest BCUT2D eigenvalue weighted by Crippen LogP contribution is 2.32. The van der Waals surface area contributed by atoms with Crippen LogP contribution in [-0.2, 0) is 9.59 Å². The molecule has 0 bridgehead atoms. The average Bonchev–Trinajstić information content (AvgIpc) is 2.64. The minimum atomic E-state index is -0.955. The molecule has 1 unspecified atom stereocenters. The number of hydrogen-bond donors (Lipinski definition) is 2. The Balaban J connectivity index is 2.32. The largest absolute Gasteiger partial charge is 0.481 e. The zero-order valence-corrected chi connectivity index (χ0v) is 10.4. The third kappa shape index (κ3) is 2.40. The van der Waals surface area contributed by atoms with Crippen molar-refractivity contribution in [2.75, 3.05) is 11.4 Å². The third-order valence-corrected chi connectivity index (χ3v) is 3.32. The summed E-state index contributed by atoms with van der Waals surface area (Å²) in [6.07, 6.45) is 0.0229. The van der Waals surface area contributed by atoms with E-state index in [1.165, 1.54) is 4.90 Å². The molecule has 0 aromatic heterocycles. The zero-order chi connectivity index (χ0) is 12.6. The molecule has 1 aromatic carbocycles. The van der Waals surface area contributed by atoms with Crippen LogP contribution in [0.5, 0.6) is 0 Å². The smallest absolute Gasteiger partial charge is 0.308 e. The third-order valence-electron chi connectivity index (χ3n) is 2.70. The van der Waals surface area contributed by atoms with Crippen LogP contribution in [0.2, 0.25) is 5.02 Å². The van der Waals surface area contributed by atoms with Crippen LogP contribution in [0.1, 0.15) is 6.42 Å². The lowest BCUT2D eigenvalue weighted by molar-refractivity contribution is -0.141. The van der Waals surface area contributed by atoms with Crippen LogP contribution >= 0.6 is 24.2 Å². The number of carbonyl (C=O) groups excluding carboxylic acids is 1. The molecule has 1 aromatic rings. The lowest BCUT2D eigenvalue weighted by atomic mass is 10.1. The van der Waals surface area contributed by atoms with Crippen LogP contribution < -0.4 is 4.90 Å². The van der Waals surface area contributed by atoms with Gasteiger partial charge in [0.25, 0.3) is 0 Å². The number of nitrogens with zero attached hydrogens (tertiary/aromatic N) is 1. The van der Waals surface area contributed by atoms with E-state index in [4.69, 9.17) is 16.7 Å². The van der Waals surface area contributed by atoms with Gasteiger partial charge < -0.3 is 10.0 Å². The molecule has 1 fully saturated rings. The fourth-order valence-corrected chi connectivity index (χ4v) is 2.24. The fraction of sp³-hybridized carbons (Fsp3) is 0.273. The van der Waals surface area contributed by atoms with Gasteiger partial charge in [0.05, 0.1) is 11.6 Å². The minimum Gasteiger partial charge on any atom is -0.481 e. The second-order valence-electron chi connectivity index (χ2n) is 3.88. The van der Waals surface area contributed by atoms with Crippen molar-refractivity contribution in [1.82, 2.24) is 0 Å². The number of anilines is 1. The first-order chi connectivity index (χ1) is 7.99. The van der Waals surface area contributed by atoms with E-state index in [9.17, 15) is 9.59 Å². The van der Waals surface area contributed by atoms with Gasteiger partial charge in [-0.2, -0.15) is 0 Å². The van der Waals surface area contributed by atoms with E-state index in [0.29, 0.717) is 15.6 Å². The molecule has 1 atom stereocenters. The number of hydrogen-bond acceptors (Lipinski definition) is 3. The first-order valence-electron chi connectivity index (χ1n) is 5.00. The fourth-order valence-electron chi connectivity index (χ4n) is 1.82. The highest BCUT2D eigenvalue weighted by Gasteiger charge is 2.35. The number of halogens is 1. The predicted molar refractivity (Wildman–Crippen MR) is 66.8 cm³/mol. The molecule has 0 spiro atoms. The molecule has 90 valence electrons. The van der Waals surface area contributed by atoms with Crippen molar-refractivity contribution in [2.45, 2.75) is 11.3 Å². The molecule has 1 saturated heterocycles. The second-order valence-corrected chi connectivity index (χ2v) is 4.79. The number of amides is 1. The summed E-state index contributed by atoms with van der Waals surface area (Å²) in [5, 5.41) is 9.39. The maximum Gasteiger partial charge on any atom is 0.308 e. The highest BCUT2D eigenvalue weighted by atomic mass is 35.5. The average molecular weight is 272 g/mol. The standard InChI is InChI=1S/C11H10ClNO3S/c12-7-1-2-9(17)8(4-7)13-5-6(11(15)16)3-10(13)14/h1-2,4,6,17H,3,5H2,(H,15,16). The number of thiol groups is 1. The van der Waals surface area contributed by atoms with Gasteiger partial charge in [-0.05, 0) is 18.2 Å². The molecule has 6 heteroatoms. The summed E-state index contributed by atoms with van der Waals surface area (Å²) in [6, 6.07) is 4.97. The van der Waals surface area contributed by atoms with Crippen molar-refractivity contribution in [3.05, 3.63) is 23.2 Å². The molecule has 0 saturated carbocycles. The Morgan fingerprint density at radius 2 is 2.24 bits per heavy atom. The van der Waals surface area contributed by atoms with Crippen molar-refractivity contribution in [1.29, 1.82) is 0 Å². The topological polar surface area (TPSA) is 57.6 Å². The van der Waals surface area contributed by atoms with E-state index >= 15 is 0 Å². The van der Waals surface area contributed by atoms with Gasteiger partial charge in [-0.15, -0.1) is 12.6 Å². The summed E-state index contributed by atoms with van der Waals surface area (Å²) in [4.78, 5) is 24.6. The van der Waals surface area contributed by atoms with Crippen LogP contribution in [0.25, 0.3) is 0 Å². The number of aliphatic carboxylic acids is 1. The van der Waals surface area contributed by atoms with E-state index in [2.05, 4.69) is 12.6 Å². The molecule has 4 nitrogen and oxygen atoms in total. The van der Waals surface area contributed by atoms with Gasteiger partial charge in [0.1, 0.15) is 0 Å². The number of benzene rings is 1. The second kappa shape index (κ2) is 4.58. The Bertz CT molecular complexity index is 492. The monoisotopic (exact) mass is 271 g/mol. The first-order valence-corrected chi connectivity index (χ1v) is 5.83. The lowest BCUT2D eigenvalue weighted by Crippen LogP contribution is -2.26. The summed E-state index contributed by atoms with van der Waals surface area (Å²) < 4.78 is 0. The SMILES string of the molecule is O=C(O)C1CC(=O)N(c2cc(Cl)ccc2S)C1. The molecular formula is C11H10ClNO3S. The van der Waals surface area contributed by atoms with Crippen molar-refractivity contribution >= 4 is 41.8 Å². The summed E-state index contributed by atoms with van der Waals surface area (Å²) >= 11 is 10.1. The Kier molecular flexibility index (Phi) is 3.31. The van der Waals surface area contributed by atoms with Crippen LogP contribution in [0.4, 0.5) is 5.69 Å². The van der Waals surface area contributed by atoms with Gasteiger partial charge in [0, 0.05) is 22.9 Å². The predicted octanol–water partition coefficient (Wildman–Crippen LogP) is 2.07. The maximum atomic E-state index is 11.7. The van der Waals surface area contributed by atoms with Crippen LogP contribution in [0, 0.1) is 5.92 Å². The van der Waals surface area contributed by atoms with E-state index < -0.39 is 11.9 Å². The molecule has 1 heterocycles. The summed E-state index contributed by atoms with van der Waals surface area (Å²) in [5.74, 6) is -1.83. The number of rotatable bonds is 2. The lowest BCUT2D eigenvalue weighted by Gasteiger charge is -2.18. The molecule has 1 amide bonds. The Hall–Kier alpha value is -1.20. The van der Waals surface area contributed by atoms with Crippen molar-refractivity contribution in [3.8, 4) is 0 Å². The molecule has 1 N–H and O–H groups in total. The summed E-state index contributed by atoms with van der Waals surface area (Å²) in [6.45, 7) is 0.169. The van der Waals surface area contributed by atoms with Gasteiger partial charge in [-0.1, -0.05) is 11.6 Å². The van der Waals surface area contributed by atoms with Gasteiger partial charge in [-0.3, -0.25) is 9.59 Å². The molecule has 17 heavy (non-hydrogen) atoms. The van der Waals surface area contributed by atoms with Crippen LogP contribution in [0.15, 0.2) is 23.1 Å². The van der Waals surface area contributed by atoms with Gasteiger partial charge >= 0.3 is 5.97 Å². The van der Waals surface area contributed by atoms with E-state index in [-0.39, 0.29) is 18.9 Å². The maximum absolute atomic E-state index is 11.7. The van der Waals surface area contributed by atoms with Crippen molar-refractivity contribution in [3.63, 3.8) is 0 Å². The Morgan fingerprint density at radius 3 is 2.82 bits per heavy atom. The molecule has 1 aliphatic heterocycles. The number of carboxylic acids is 1. The van der Waals surface area contributed by atoms with Gasteiger partial charge in [0.2, 0.25) is 5.91 Å². The first kappa shape index (κ1) is 12.3. The molecular weight excluding hydrogens is 262 g/mol. The molecule has 2 rings (SSSR count). The van der Waals surface area contributed by atoms with E-state index in [1.807, 2.05) is 0 Å². The molecule has 1 aliphatic rings. The number of carbonyl (C=O) groups is 2. The van der Waals surface area contributed by atoms with Gasteiger partial charge in [-0.25, -0.2) is 0 Å². The summed E-state index contributed by atoms with van der Waals surface area (Å²) in [5.41, 5.74) is 0.564. The van der Waals surface area contributed by atoms with Crippen molar-refractivity contribution < 1.29 is 14.7 Å². The number of carboxylic acid groups (broad SMARTS) is 1.